The van der Waals surface area contributed by atoms with E-state index in [-0.39, 0.29) is 6.04 Å². The third-order valence-electron chi connectivity index (χ3n) is 6.78. The molecule has 4 N–H and O–H groups in total. The Morgan fingerprint density at radius 1 is 1.21 bits per heavy atom. The number of nitrogen functional groups attached to an aromatic ring is 1. The number of nitrogens with two attached hydrogens (primary N) is 2. The summed E-state index contributed by atoms with van der Waals surface area (Å²) in [5, 5.41) is 8.92. The maximum atomic E-state index is 6.60. The molecule has 1 fully saturated rings. The van der Waals surface area contributed by atoms with Crippen molar-refractivity contribution >= 4 is 41.4 Å². The molecule has 0 amide bonds. The van der Waals surface area contributed by atoms with Gasteiger partial charge in [0.1, 0.15) is 11.4 Å². The molecule has 0 radical (unpaired) electrons. The van der Waals surface area contributed by atoms with Gasteiger partial charge in [-0.05, 0) is 12.1 Å². The quantitative estimate of drug-likeness (QED) is 0.421. The zero-order chi connectivity index (χ0) is 24.0. The second kappa shape index (κ2) is 8.61. The Morgan fingerprint density at radius 2 is 1.97 bits per heavy atom. The Hall–Kier alpha value is -3.07. The number of rotatable bonds is 3. The minimum Gasteiger partial charge on any atom is -0.469 e. The first-order chi connectivity index (χ1) is 16.4. The van der Waals surface area contributed by atoms with Crippen molar-refractivity contribution < 1.29 is 4.74 Å². The summed E-state index contributed by atoms with van der Waals surface area (Å²) < 4.78 is 8.23. The molecule has 0 bridgehead atoms. The molecule has 2 aliphatic heterocycles. The van der Waals surface area contributed by atoms with E-state index in [4.69, 9.17) is 39.4 Å². The summed E-state index contributed by atoms with van der Waals surface area (Å²) in [5.74, 6) is 1.54. The number of aromatic nitrogens is 2. The van der Waals surface area contributed by atoms with Crippen molar-refractivity contribution in [3.63, 3.8) is 0 Å². The van der Waals surface area contributed by atoms with Gasteiger partial charge in [-0.2, -0.15) is 5.10 Å². The Bertz CT molecular complexity index is 1350. The molecule has 2 aromatic heterocycles. The number of ether oxygens (including phenoxy) is 1. The van der Waals surface area contributed by atoms with Crippen LogP contribution in [0.1, 0.15) is 24.4 Å². The molecule has 1 saturated heterocycles. The van der Waals surface area contributed by atoms with E-state index < -0.39 is 5.60 Å². The normalized spacial score (nSPS) is 19.2. The molecule has 0 saturated carbocycles. The number of pyridine rings is 2. The molecule has 1 atom stereocenters. The molecule has 34 heavy (non-hydrogen) atoms. The smallest absolute Gasteiger partial charge is 0.218 e. The Labute approximate surface area is 207 Å². The van der Waals surface area contributed by atoms with Gasteiger partial charge in [-0.15, -0.1) is 5.10 Å². The standard InChI is InChI=1S/C24H25Cl2N7O/c1-29-31-22-19(14-5-3-7-16(25)20(14)26)17(27)13-18(32(22)2)33-11-8-24(9-12-33)21(28)15-6-4-10-30-23(15)34-24/h3-7,10,13,21H,1,8-9,11-12,27-28H2,2H3/b31-22-/t21-/m1/s1. The van der Waals surface area contributed by atoms with Gasteiger partial charge in [-0.25, -0.2) is 4.98 Å². The predicted octanol–water partition coefficient (Wildman–Crippen LogP) is 3.92. The first kappa shape index (κ1) is 22.7. The molecule has 4 heterocycles. The van der Waals surface area contributed by atoms with Crippen LogP contribution in [0.15, 0.2) is 52.8 Å². The number of anilines is 2. The number of piperidine rings is 1. The third kappa shape index (κ3) is 3.53. The summed E-state index contributed by atoms with van der Waals surface area (Å²) in [6, 6.07) is 11.0. The summed E-state index contributed by atoms with van der Waals surface area (Å²) in [5.41, 5.74) is 16.1. The van der Waals surface area contributed by atoms with Crippen LogP contribution in [0, 0.1) is 0 Å². The Morgan fingerprint density at radius 3 is 2.68 bits per heavy atom. The lowest BCUT2D eigenvalue weighted by atomic mass is 9.83. The number of hydrogen-bond donors (Lipinski definition) is 2. The molecule has 0 unspecified atom stereocenters. The van der Waals surface area contributed by atoms with Crippen LogP contribution >= 0.6 is 23.2 Å². The fourth-order valence-electron chi connectivity index (χ4n) is 4.97. The van der Waals surface area contributed by atoms with Gasteiger partial charge in [-0.3, -0.25) is 0 Å². The average molecular weight is 498 g/mol. The number of fused-ring (bicyclic) bond motifs is 1. The van der Waals surface area contributed by atoms with Crippen molar-refractivity contribution in [3.05, 3.63) is 63.7 Å². The number of halogens is 2. The van der Waals surface area contributed by atoms with Gasteiger partial charge in [0.15, 0.2) is 5.49 Å². The zero-order valence-electron chi connectivity index (χ0n) is 18.7. The minimum absolute atomic E-state index is 0.208. The topological polar surface area (TPSA) is 107 Å². The van der Waals surface area contributed by atoms with Gasteiger partial charge in [-0.1, -0.05) is 41.4 Å². The highest BCUT2D eigenvalue weighted by molar-refractivity contribution is 6.43. The largest absolute Gasteiger partial charge is 0.469 e. The van der Waals surface area contributed by atoms with Crippen molar-refractivity contribution in [1.82, 2.24) is 9.55 Å². The molecular formula is C24H25Cl2N7O. The van der Waals surface area contributed by atoms with E-state index >= 15 is 0 Å². The Balaban J connectivity index is 1.50. The van der Waals surface area contributed by atoms with Gasteiger partial charge in [0, 0.05) is 68.8 Å². The van der Waals surface area contributed by atoms with E-state index in [0.717, 1.165) is 37.3 Å². The molecule has 176 valence electrons. The summed E-state index contributed by atoms with van der Waals surface area (Å²) in [6.45, 7) is 5.00. The van der Waals surface area contributed by atoms with Crippen molar-refractivity contribution in [2.45, 2.75) is 24.5 Å². The van der Waals surface area contributed by atoms with Gasteiger partial charge >= 0.3 is 0 Å². The average Bonchev–Trinajstić information content (AvgIpc) is 3.10. The maximum Gasteiger partial charge on any atom is 0.218 e. The molecule has 8 nitrogen and oxygen atoms in total. The summed E-state index contributed by atoms with van der Waals surface area (Å²) in [7, 11) is 1.92. The Kier molecular flexibility index (Phi) is 5.75. The highest BCUT2D eigenvalue weighted by atomic mass is 35.5. The van der Waals surface area contributed by atoms with Crippen molar-refractivity contribution in [2.75, 3.05) is 23.7 Å². The summed E-state index contributed by atoms with van der Waals surface area (Å²) in [6.07, 6.45) is 3.23. The molecule has 3 aromatic rings. The summed E-state index contributed by atoms with van der Waals surface area (Å²) >= 11 is 12.8. The lowest BCUT2D eigenvalue weighted by Crippen LogP contribution is -2.52. The SMILES string of the molecule is C=N/N=c1/c(-c2cccc(Cl)c2Cl)c(N)cc(N2CCC3(CC2)Oc2ncccc2[C@H]3N)n1C. The number of benzene rings is 1. The first-order valence-electron chi connectivity index (χ1n) is 10.9. The van der Waals surface area contributed by atoms with Crippen LogP contribution in [-0.2, 0) is 7.05 Å². The van der Waals surface area contributed by atoms with E-state index in [1.54, 1.807) is 12.3 Å². The van der Waals surface area contributed by atoms with E-state index in [2.05, 4.69) is 26.8 Å². The lowest BCUT2D eigenvalue weighted by Gasteiger charge is -2.42. The second-order valence-electron chi connectivity index (χ2n) is 8.59. The fraction of sp³-hybridized carbons (Fsp3) is 0.292. The lowest BCUT2D eigenvalue weighted by molar-refractivity contribution is 0.0396. The number of hydrogen-bond acceptors (Lipinski definition) is 7. The van der Waals surface area contributed by atoms with E-state index in [1.165, 1.54) is 0 Å². The van der Waals surface area contributed by atoms with Gasteiger partial charge in [0.25, 0.3) is 0 Å². The maximum absolute atomic E-state index is 6.60. The van der Waals surface area contributed by atoms with Crippen LogP contribution in [0.4, 0.5) is 11.5 Å². The number of nitrogens with zero attached hydrogens (tertiary/aromatic N) is 5. The first-order valence-corrected chi connectivity index (χ1v) is 11.7. The van der Waals surface area contributed by atoms with Crippen LogP contribution in [0.3, 0.4) is 0 Å². The highest BCUT2D eigenvalue weighted by Gasteiger charge is 2.49. The van der Waals surface area contributed by atoms with Gasteiger partial charge in [0.2, 0.25) is 5.88 Å². The highest BCUT2D eigenvalue weighted by Crippen LogP contribution is 2.46. The second-order valence-corrected chi connectivity index (χ2v) is 9.37. The van der Waals surface area contributed by atoms with Crippen molar-refractivity contribution in [1.29, 1.82) is 0 Å². The van der Waals surface area contributed by atoms with Gasteiger partial charge < -0.3 is 25.7 Å². The van der Waals surface area contributed by atoms with Crippen LogP contribution < -0.4 is 26.6 Å². The van der Waals surface area contributed by atoms with Crippen molar-refractivity contribution in [3.8, 4) is 17.0 Å². The van der Waals surface area contributed by atoms with Crippen LogP contribution in [0.5, 0.6) is 5.88 Å². The molecule has 0 aliphatic carbocycles. The van der Waals surface area contributed by atoms with Crippen molar-refractivity contribution in [2.24, 2.45) is 23.0 Å². The molecule has 2 aliphatic rings. The molecular weight excluding hydrogens is 473 g/mol. The van der Waals surface area contributed by atoms with Crippen LogP contribution in [0.2, 0.25) is 10.0 Å². The molecule has 5 rings (SSSR count). The molecule has 1 aromatic carbocycles. The van der Waals surface area contributed by atoms with Gasteiger partial charge in [0.05, 0.1) is 21.7 Å². The zero-order valence-corrected chi connectivity index (χ0v) is 20.2. The summed E-state index contributed by atoms with van der Waals surface area (Å²) in [4.78, 5) is 6.61. The molecule has 10 heteroatoms. The van der Waals surface area contributed by atoms with E-state index in [9.17, 15) is 0 Å². The fourth-order valence-corrected chi connectivity index (χ4v) is 5.36. The third-order valence-corrected chi connectivity index (χ3v) is 7.60. The minimum atomic E-state index is -0.457. The van der Waals surface area contributed by atoms with E-state index in [0.29, 0.717) is 38.2 Å². The van der Waals surface area contributed by atoms with E-state index in [1.807, 2.05) is 41.9 Å². The monoisotopic (exact) mass is 497 g/mol. The van der Waals surface area contributed by atoms with Crippen LogP contribution in [0.25, 0.3) is 11.1 Å². The van der Waals surface area contributed by atoms with Crippen LogP contribution in [-0.4, -0.2) is 35.0 Å². The molecule has 1 spiro atoms. The predicted molar refractivity (Wildman–Crippen MR) is 136 cm³/mol.